The fourth-order valence-electron chi connectivity index (χ4n) is 4.13. The minimum atomic E-state index is -3.12. The summed E-state index contributed by atoms with van der Waals surface area (Å²) in [6, 6.07) is 38.3. The van der Waals surface area contributed by atoms with Gasteiger partial charge in [0, 0.05) is 0 Å². The molecule has 0 aliphatic carbocycles. The molecule has 1 nitrogen and oxygen atoms in total. The molecule has 2 heteroatoms. The van der Waals surface area contributed by atoms with Crippen molar-refractivity contribution in [2.24, 2.45) is 7.05 Å². The van der Waals surface area contributed by atoms with E-state index in [2.05, 4.69) is 127 Å². The van der Waals surface area contributed by atoms with Crippen LogP contribution in [0, 0.1) is 0 Å². The Bertz CT molecular complexity index is 900. The average molecular weight is 471 g/mol. The fraction of sp³-hybridized carbons (Fsp3) is 0.115. The number of aryl methyl sites for hydroxylation is 2. The van der Waals surface area contributed by atoms with Gasteiger partial charge in [0.25, 0.3) is 0 Å². The molecule has 3 aromatic carbocycles. The molecule has 0 fully saturated rings. The van der Waals surface area contributed by atoms with Crippen LogP contribution < -0.4 is 15.3 Å². The third-order valence-corrected chi connectivity index (χ3v) is 19.8. The summed E-state index contributed by atoms with van der Waals surface area (Å²) in [5, 5.41) is 0. The van der Waals surface area contributed by atoms with Crippen molar-refractivity contribution in [3.8, 4) is 0 Å². The van der Waals surface area contributed by atoms with E-state index in [1.165, 1.54) is 10.0 Å². The zero-order valence-electron chi connectivity index (χ0n) is 16.3. The molecule has 0 saturated carbocycles. The van der Waals surface area contributed by atoms with Crippen molar-refractivity contribution in [3.63, 3.8) is 0 Å². The van der Waals surface area contributed by atoms with E-state index >= 15 is 0 Å². The van der Waals surface area contributed by atoms with Crippen LogP contribution in [0.5, 0.6) is 0 Å². The summed E-state index contributed by atoms with van der Waals surface area (Å²) in [6.45, 7) is 0. The summed E-state index contributed by atoms with van der Waals surface area (Å²) in [6.07, 6.45) is 5.41. The number of benzene rings is 3. The van der Waals surface area contributed by atoms with Crippen LogP contribution in [0.4, 0.5) is 0 Å². The van der Waals surface area contributed by atoms with Crippen molar-refractivity contribution in [1.29, 1.82) is 0 Å². The normalized spacial score (nSPS) is 11.3. The van der Waals surface area contributed by atoms with E-state index < -0.39 is 18.4 Å². The van der Waals surface area contributed by atoms with Crippen molar-refractivity contribution in [2.75, 3.05) is 0 Å². The SMILES string of the molecule is C[n+]1ccc(C[CH2][Sn]([c]2ccccc2)([c]2ccccc2)[c]2ccccc2)cc1. The van der Waals surface area contributed by atoms with E-state index in [1.54, 1.807) is 10.7 Å². The van der Waals surface area contributed by atoms with Crippen LogP contribution in [0.1, 0.15) is 5.56 Å². The summed E-state index contributed by atoms with van der Waals surface area (Å²) < 4.78 is 7.98. The van der Waals surface area contributed by atoms with Gasteiger partial charge in [0.05, 0.1) is 0 Å². The standard InChI is InChI=1S/C8H11N.3C6H5.Sn/c1-3-8-4-6-9(2)7-5-8;3*1-2-4-6-5-3-1;/h4-7H,1,3H2,2H3;3*1-5H;/q+1;;;;. The third-order valence-electron chi connectivity index (χ3n) is 5.64. The number of aromatic nitrogens is 1. The molecule has 0 spiro atoms. The zero-order valence-corrected chi connectivity index (χ0v) is 19.2. The molecule has 1 heterocycles. The van der Waals surface area contributed by atoms with Crippen LogP contribution in [0.15, 0.2) is 116 Å². The Labute approximate surface area is 172 Å². The maximum absolute atomic E-state index is 3.12. The first-order chi connectivity index (χ1) is 13.8. The molecule has 0 amide bonds. The first-order valence-corrected chi connectivity index (χ1v) is 16.2. The van der Waals surface area contributed by atoms with Gasteiger partial charge >= 0.3 is 173 Å². The molecule has 0 radical (unpaired) electrons. The molecule has 1 aromatic heterocycles. The summed E-state index contributed by atoms with van der Waals surface area (Å²) in [5.74, 6) is 0. The fourth-order valence-corrected chi connectivity index (χ4v) is 17.9. The van der Waals surface area contributed by atoms with Crippen LogP contribution in [0.2, 0.25) is 4.44 Å². The number of rotatable bonds is 6. The molecule has 0 N–H and O–H groups in total. The zero-order chi connectivity index (χ0) is 19.2. The molecule has 4 rings (SSSR count). The summed E-state index contributed by atoms with van der Waals surface area (Å²) in [7, 11) is 2.07. The summed E-state index contributed by atoms with van der Waals surface area (Å²) in [4.78, 5) is 0. The van der Waals surface area contributed by atoms with Crippen molar-refractivity contribution < 1.29 is 4.57 Å². The molecule has 0 saturated heterocycles. The van der Waals surface area contributed by atoms with Crippen molar-refractivity contribution in [1.82, 2.24) is 0 Å². The Morgan fingerprint density at radius 3 is 1.36 bits per heavy atom. The average Bonchev–Trinajstić information content (AvgIpc) is 2.78. The van der Waals surface area contributed by atoms with Crippen molar-refractivity contribution in [3.05, 3.63) is 121 Å². The molecule has 0 aliphatic rings. The van der Waals surface area contributed by atoms with Gasteiger partial charge in [0.1, 0.15) is 0 Å². The first kappa shape index (κ1) is 18.9. The summed E-state index contributed by atoms with van der Waals surface area (Å²) >= 11 is -3.12. The van der Waals surface area contributed by atoms with Gasteiger partial charge in [-0.2, -0.15) is 0 Å². The van der Waals surface area contributed by atoms with Gasteiger partial charge in [-0.05, 0) is 0 Å². The summed E-state index contributed by atoms with van der Waals surface area (Å²) in [5.41, 5.74) is 1.42. The molecule has 0 aliphatic heterocycles. The topological polar surface area (TPSA) is 3.88 Å². The van der Waals surface area contributed by atoms with E-state index in [-0.39, 0.29) is 0 Å². The third kappa shape index (κ3) is 3.90. The molecule has 0 bridgehead atoms. The quantitative estimate of drug-likeness (QED) is 0.301. The van der Waals surface area contributed by atoms with Crippen LogP contribution in [0.3, 0.4) is 0 Å². The van der Waals surface area contributed by atoms with E-state index in [0.717, 1.165) is 6.42 Å². The van der Waals surface area contributed by atoms with E-state index in [1.807, 2.05) is 0 Å². The monoisotopic (exact) mass is 472 g/mol. The minimum absolute atomic E-state index is 1.11. The van der Waals surface area contributed by atoms with Gasteiger partial charge in [0.15, 0.2) is 0 Å². The van der Waals surface area contributed by atoms with Gasteiger partial charge in [0.2, 0.25) is 0 Å². The van der Waals surface area contributed by atoms with Gasteiger partial charge in [-0.3, -0.25) is 0 Å². The molecule has 4 aromatic rings. The molecule has 0 unspecified atom stereocenters. The molecule has 0 atom stereocenters. The Morgan fingerprint density at radius 2 is 0.964 bits per heavy atom. The van der Waals surface area contributed by atoms with E-state index in [0.29, 0.717) is 0 Å². The predicted molar refractivity (Wildman–Crippen MR) is 120 cm³/mol. The van der Waals surface area contributed by atoms with Gasteiger partial charge in [-0.1, -0.05) is 0 Å². The van der Waals surface area contributed by atoms with Gasteiger partial charge in [-0.25, -0.2) is 0 Å². The van der Waals surface area contributed by atoms with Gasteiger partial charge < -0.3 is 0 Å². The second-order valence-electron chi connectivity index (χ2n) is 7.38. The van der Waals surface area contributed by atoms with Crippen LogP contribution >= 0.6 is 0 Å². The Morgan fingerprint density at radius 1 is 0.571 bits per heavy atom. The Balaban J connectivity index is 1.86. The predicted octanol–water partition coefficient (Wildman–Crippen LogP) is 3.22. The van der Waals surface area contributed by atoms with Gasteiger partial charge in [-0.15, -0.1) is 0 Å². The van der Waals surface area contributed by atoms with Crippen LogP contribution in [0.25, 0.3) is 0 Å². The van der Waals surface area contributed by atoms with Crippen molar-refractivity contribution in [2.45, 2.75) is 10.9 Å². The van der Waals surface area contributed by atoms with Crippen LogP contribution in [-0.2, 0) is 13.5 Å². The Kier molecular flexibility index (Phi) is 5.92. The molecule has 138 valence electrons. The van der Waals surface area contributed by atoms with Crippen LogP contribution in [-0.4, -0.2) is 18.4 Å². The van der Waals surface area contributed by atoms with E-state index in [9.17, 15) is 0 Å². The van der Waals surface area contributed by atoms with Crippen molar-refractivity contribution >= 4 is 29.1 Å². The maximum atomic E-state index is 2.36. The Hall–Kier alpha value is -2.39. The second kappa shape index (κ2) is 8.74. The molecular weight excluding hydrogens is 445 g/mol. The first-order valence-electron chi connectivity index (χ1n) is 9.90. The molecular formula is C26H26NSn+. The number of hydrogen-bond donors (Lipinski definition) is 0. The number of nitrogens with zero attached hydrogens (tertiary/aromatic N) is 1. The van der Waals surface area contributed by atoms with E-state index in [4.69, 9.17) is 0 Å². The second-order valence-corrected chi connectivity index (χ2v) is 18.9. The number of hydrogen-bond acceptors (Lipinski definition) is 0. The molecule has 28 heavy (non-hydrogen) atoms. The number of pyridine rings is 1.